The van der Waals surface area contributed by atoms with Crippen LogP contribution in [0.25, 0.3) is 0 Å². The molecule has 0 saturated carbocycles. The van der Waals surface area contributed by atoms with Crippen LogP contribution in [0.4, 0.5) is 5.69 Å². The number of unbranched alkanes of at least 4 members (excludes halogenated alkanes) is 3. The molecule has 0 unspecified atom stereocenters. The molecule has 2 aromatic rings. The van der Waals surface area contributed by atoms with Crippen molar-refractivity contribution in [3.8, 4) is 11.5 Å². The zero-order valence-corrected chi connectivity index (χ0v) is 15.8. The highest BCUT2D eigenvalue weighted by molar-refractivity contribution is 5.91. The van der Waals surface area contributed by atoms with E-state index in [0.717, 1.165) is 31.8 Å². The lowest BCUT2D eigenvalue weighted by Gasteiger charge is -2.08. The SMILES string of the molecule is C=CC(=O)OCCCCCCOc1ccc(C(=O)Oc2ccc(N)cc2)cc1. The molecule has 0 saturated heterocycles. The third-order valence-electron chi connectivity index (χ3n) is 3.90. The van der Waals surface area contributed by atoms with Crippen LogP contribution < -0.4 is 15.2 Å². The number of carbonyl (C=O) groups excluding carboxylic acids is 2. The van der Waals surface area contributed by atoms with Crippen LogP contribution in [0.1, 0.15) is 36.0 Å². The number of nitrogen functional groups attached to an aromatic ring is 1. The van der Waals surface area contributed by atoms with Crippen LogP contribution in [0.3, 0.4) is 0 Å². The van der Waals surface area contributed by atoms with Crippen molar-refractivity contribution >= 4 is 17.6 Å². The van der Waals surface area contributed by atoms with E-state index < -0.39 is 5.97 Å². The van der Waals surface area contributed by atoms with Crippen LogP contribution in [0.15, 0.2) is 61.2 Å². The zero-order valence-electron chi connectivity index (χ0n) is 15.8. The molecule has 0 aliphatic rings. The van der Waals surface area contributed by atoms with Gasteiger partial charge in [-0.15, -0.1) is 0 Å². The molecule has 28 heavy (non-hydrogen) atoms. The number of ether oxygens (including phenoxy) is 3. The fourth-order valence-electron chi connectivity index (χ4n) is 2.37. The summed E-state index contributed by atoms with van der Waals surface area (Å²) >= 11 is 0. The Labute approximate surface area is 164 Å². The molecular weight excluding hydrogens is 358 g/mol. The fourth-order valence-corrected chi connectivity index (χ4v) is 2.37. The van der Waals surface area contributed by atoms with Crippen LogP contribution in [-0.2, 0) is 9.53 Å². The maximum Gasteiger partial charge on any atom is 0.343 e. The third kappa shape index (κ3) is 7.53. The van der Waals surface area contributed by atoms with Crippen molar-refractivity contribution in [1.29, 1.82) is 0 Å². The van der Waals surface area contributed by atoms with Gasteiger partial charge >= 0.3 is 11.9 Å². The van der Waals surface area contributed by atoms with E-state index in [-0.39, 0.29) is 5.97 Å². The molecule has 6 heteroatoms. The van der Waals surface area contributed by atoms with Gasteiger partial charge in [0.25, 0.3) is 0 Å². The molecular formula is C22H25NO5. The van der Waals surface area contributed by atoms with E-state index in [2.05, 4.69) is 6.58 Å². The highest BCUT2D eigenvalue weighted by atomic mass is 16.5. The summed E-state index contributed by atoms with van der Waals surface area (Å²) in [6.07, 6.45) is 4.83. The highest BCUT2D eigenvalue weighted by Gasteiger charge is 2.08. The van der Waals surface area contributed by atoms with Crippen molar-refractivity contribution in [2.45, 2.75) is 25.7 Å². The second-order valence-corrected chi connectivity index (χ2v) is 6.12. The summed E-state index contributed by atoms with van der Waals surface area (Å²) in [5, 5.41) is 0. The number of nitrogens with two attached hydrogens (primary N) is 1. The number of esters is 2. The summed E-state index contributed by atoms with van der Waals surface area (Å²) in [6, 6.07) is 13.5. The summed E-state index contributed by atoms with van der Waals surface area (Å²) in [7, 11) is 0. The van der Waals surface area contributed by atoms with E-state index in [9.17, 15) is 9.59 Å². The first-order chi connectivity index (χ1) is 13.6. The number of anilines is 1. The van der Waals surface area contributed by atoms with E-state index in [0.29, 0.717) is 36.0 Å². The molecule has 0 aliphatic heterocycles. The second kappa shape index (κ2) is 11.4. The smallest absolute Gasteiger partial charge is 0.343 e. The van der Waals surface area contributed by atoms with E-state index in [1.165, 1.54) is 0 Å². The van der Waals surface area contributed by atoms with Crippen molar-refractivity contribution in [2.24, 2.45) is 0 Å². The number of hydrogen-bond acceptors (Lipinski definition) is 6. The molecule has 0 aliphatic carbocycles. The minimum Gasteiger partial charge on any atom is -0.494 e. The maximum absolute atomic E-state index is 12.1. The highest BCUT2D eigenvalue weighted by Crippen LogP contribution is 2.17. The lowest BCUT2D eigenvalue weighted by molar-refractivity contribution is -0.137. The lowest BCUT2D eigenvalue weighted by Crippen LogP contribution is -2.08. The van der Waals surface area contributed by atoms with Crippen molar-refractivity contribution in [3.63, 3.8) is 0 Å². The van der Waals surface area contributed by atoms with Gasteiger partial charge in [0.05, 0.1) is 18.8 Å². The third-order valence-corrected chi connectivity index (χ3v) is 3.90. The monoisotopic (exact) mass is 383 g/mol. The second-order valence-electron chi connectivity index (χ2n) is 6.12. The van der Waals surface area contributed by atoms with Crippen molar-refractivity contribution in [1.82, 2.24) is 0 Å². The predicted octanol–water partition coefficient (Wildman–Crippen LogP) is 4.16. The molecule has 0 radical (unpaired) electrons. The summed E-state index contributed by atoms with van der Waals surface area (Å²) in [5.41, 5.74) is 6.66. The normalized spacial score (nSPS) is 10.1. The van der Waals surface area contributed by atoms with E-state index >= 15 is 0 Å². The van der Waals surface area contributed by atoms with Crippen LogP contribution >= 0.6 is 0 Å². The van der Waals surface area contributed by atoms with Crippen LogP contribution in [-0.4, -0.2) is 25.2 Å². The Morgan fingerprint density at radius 2 is 1.46 bits per heavy atom. The largest absolute Gasteiger partial charge is 0.494 e. The lowest BCUT2D eigenvalue weighted by atomic mass is 10.2. The van der Waals surface area contributed by atoms with Gasteiger partial charge < -0.3 is 19.9 Å². The molecule has 2 rings (SSSR count). The molecule has 0 atom stereocenters. The Morgan fingerprint density at radius 1 is 0.857 bits per heavy atom. The summed E-state index contributed by atoms with van der Waals surface area (Å²) in [4.78, 5) is 23.0. The van der Waals surface area contributed by atoms with Gasteiger partial charge in [0.15, 0.2) is 0 Å². The van der Waals surface area contributed by atoms with Gasteiger partial charge in [-0.05, 0) is 74.2 Å². The number of hydrogen-bond donors (Lipinski definition) is 1. The van der Waals surface area contributed by atoms with Gasteiger partial charge in [-0.3, -0.25) is 0 Å². The minimum atomic E-state index is -0.437. The van der Waals surface area contributed by atoms with Gasteiger partial charge in [-0.1, -0.05) is 6.58 Å². The molecule has 0 heterocycles. The average molecular weight is 383 g/mol. The van der Waals surface area contributed by atoms with Gasteiger partial charge in [0.2, 0.25) is 0 Å². The van der Waals surface area contributed by atoms with Gasteiger partial charge in [0, 0.05) is 11.8 Å². The number of rotatable bonds is 11. The average Bonchev–Trinajstić information content (AvgIpc) is 2.71. The van der Waals surface area contributed by atoms with Gasteiger partial charge in [-0.25, -0.2) is 9.59 Å². The molecule has 2 N–H and O–H groups in total. The molecule has 6 nitrogen and oxygen atoms in total. The van der Waals surface area contributed by atoms with Crippen LogP contribution in [0.5, 0.6) is 11.5 Å². The molecule has 2 aromatic carbocycles. The maximum atomic E-state index is 12.1. The van der Waals surface area contributed by atoms with E-state index in [1.54, 1.807) is 48.5 Å². The topological polar surface area (TPSA) is 87.8 Å². The summed E-state index contributed by atoms with van der Waals surface area (Å²) < 4.78 is 15.9. The zero-order chi connectivity index (χ0) is 20.2. The molecule has 0 aromatic heterocycles. The first kappa shape index (κ1) is 21.0. The van der Waals surface area contributed by atoms with Crippen molar-refractivity contribution in [2.75, 3.05) is 18.9 Å². The first-order valence-corrected chi connectivity index (χ1v) is 9.18. The Balaban J connectivity index is 1.64. The minimum absolute atomic E-state index is 0.385. The first-order valence-electron chi connectivity index (χ1n) is 9.18. The van der Waals surface area contributed by atoms with Crippen LogP contribution in [0, 0.1) is 0 Å². The number of benzene rings is 2. The van der Waals surface area contributed by atoms with E-state index in [4.69, 9.17) is 19.9 Å². The molecule has 0 bridgehead atoms. The Hall–Kier alpha value is -3.28. The van der Waals surface area contributed by atoms with Crippen LogP contribution in [0.2, 0.25) is 0 Å². The van der Waals surface area contributed by atoms with E-state index in [1.807, 2.05) is 0 Å². The molecule has 148 valence electrons. The molecule has 0 fully saturated rings. The quantitative estimate of drug-likeness (QED) is 0.206. The Kier molecular flexibility index (Phi) is 8.59. The van der Waals surface area contributed by atoms with Crippen molar-refractivity contribution in [3.05, 3.63) is 66.7 Å². The summed E-state index contributed by atoms with van der Waals surface area (Å²) in [5.74, 6) is 0.320. The summed E-state index contributed by atoms with van der Waals surface area (Å²) in [6.45, 7) is 4.35. The Morgan fingerprint density at radius 3 is 2.11 bits per heavy atom. The fraction of sp³-hybridized carbons (Fsp3) is 0.273. The van der Waals surface area contributed by atoms with Gasteiger partial charge in [-0.2, -0.15) is 0 Å². The van der Waals surface area contributed by atoms with Gasteiger partial charge in [0.1, 0.15) is 11.5 Å². The predicted molar refractivity (Wildman–Crippen MR) is 107 cm³/mol. The Bertz CT molecular complexity index is 769. The molecule has 0 spiro atoms. The standard InChI is InChI=1S/C22H25NO5/c1-2-21(24)27-16-6-4-3-5-15-26-19-11-7-17(8-12-19)22(25)28-20-13-9-18(23)10-14-20/h2,7-14H,1,3-6,15-16,23H2. The molecule has 0 amide bonds. The number of carbonyl (C=O) groups is 2. The van der Waals surface area contributed by atoms with Crippen molar-refractivity contribution < 1.29 is 23.8 Å².